The molecule has 1 unspecified atom stereocenters. The lowest BCUT2D eigenvalue weighted by Crippen LogP contribution is -2.41. The van der Waals surface area contributed by atoms with Gasteiger partial charge in [0.25, 0.3) is 0 Å². The van der Waals surface area contributed by atoms with Crippen LogP contribution in [-0.4, -0.2) is 28.3 Å². The van der Waals surface area contributed by atoms with Gasteiger partial charge in [-0.2, -0.15) is 0 Å². The Hall–Kier alpha value is -1.55. The number of rotatable bonds is 5. The summed E-state index contributed by atoms with van der Waals surface area (Å²) in [5.74, 6) is -1.23. The van der Waals surface area contributed by atoms with E-state index in [0.29, 0.717) is 0 Å². The van der Waals surface area contributed by atoms with Crippen molar-refractivity contribution >= 4 is 11.7 Å². The fourth-order valence-corrected chi connectivity index (χ4v) is 1.21. The number of nitrogens with one attached hydrogen (secondary N) is 1. The van der Waals surface area contributed by atoms with Crippen LogP contribution in [-0.2, 0) is 11.2 Å². The predicted octanol–water partition coefficient (Wildman–Crippen LogP) is 1.50. The van der Waals surface area contributed by atoms with Crippen molar-refractivity contribution in [3.63, 3.8) is 0 Å². The molecule has 1 rings (SSSR count). The molecule has 16 heavy (non-hydrogen) atoms. The van der Waals surface area contributed by atoms with Gasteiger partial charge in [0, 0.05) is 5.69 Å². The Morgan fingerprint density at radius 3 is 2.38 bits per heavy atom. The maximum Gasteiger partial charge on any atom is 0.337 e. The average Bonchev–Trinajstić information content (AvgIpc) is 2.27. The largest absolute Gasteiger partial charge is 0.479 e. The highest BCUT2D eigenvalue weighted by Gasteiger charge is 2.29. The van der Waals surface area contributed by atoms with E-state index >= 15 is 0 Å². The second-order valence-corrected chi connectivity index (χ2v) is 3.98. The minimum absolute atomic E-state index is 0.0200. The third-order valence-electron chi connectivity index (χ3n) is 2.46. The summed E-state index contributed by atoms with van der Waals surface area (Å²) >= 11 is 0. The van der Waals surface area contributed by atoms with E-state index in [9.17, 15) is 9.90 Å². The molecule has 0 heterocycles. The first kappa shape index (κ1) is 12.5. The van der Waals surface area contributed by atoms with Gasteiger partial charge in [0.05, 0.1) is 6.54 Å². The predicted molar refractivity (Wildman–Crippen MR) is 62.6 cm³/mol. The first-order valence-electron chi connectivity index (χ1n) is 5.24. The molecular weight excluding hydrogens is 206 g/mol. The SMILES string of the molecule is CCc1ccc(NCC(C)(O)C(=O)O)cc1. The number of aliphatic carboxylic acids is 1. The van der Waals surface area contributed by atoms with Gasteiger partial charge in [-0.3, -0.25) is 0 Å². The number of hydrogen-bond acceptors (Lipinski definition) is 3. The summed E-state index contributed by atoms with van der Waals surface area (Å²) in [4.78, 5) is 10.7. The summed E-state index contributed by atoms with van der Waals surface area (Å²) < 4.78 is 0. The standard InChI is InChI=1S/C12H17NO3/c1-3-9-4-6-10(7-5-9)13-8-12(2,16)11(14)15/h4-7,13,16H,3,8H2,1-2H3,(H,14,15). The average molecular weight is 223 g/mol. The van der Waals surface area contributed by atoms with E-state index in [4.69, 9.17) is 5.11 Å². The Balaban J connectivity index is 2.58. The zero-order valence-electron chi connectivity index (χ0n) is 9.53. The van der Waals surface area contributed by atoms with Gasteiger partial charge < -0.3 is 15.5 Å². The lowest BCUT2D eigenvalue weighted by Gasteiger charge is -2.19. The Bertz CT molecular complexity index is 357. The van der Waals surface area contributed by atoms with Gasteiger partial charge in [-0.1, -0.05) is 19.1 Å². The summed E-state index contributed by atoms with van der Waals surface area (Å²) in [6.07, 6.45) is 0.965. The molecule has 4 nitrogen and oxygen atoms in total. The monoisotopic (exact) mass is 223 g/mol. The maximum atomic E-state index is 10.7. The second kappa shape index (κ2) is 4.99. The van der Waals surface area contributed by atoms with E-state index < -0.39 is 11.6 Å². The van der Waals surface area contributed by atoms with Crippen LogP contribution in [0.4, 0.5) is 5.69 Å². The van der Waals surface area contributed by atoms with Gasteiger partial charge in [0.1, 0.15) is 0 Å². The summed E-state index contributed by atoms with van der Waals surface area (Å²) in [6.45, 7) is 3.31. The second-order valence-electron chi connectivity index (χ2n) is 3.98. The number of aliphatic hydroxyl groups is 1. The van der Waals surface area contributed by atoms with Crippen molar-refractivity contribution in [1.29, 1.82) is 0 Å². The number of carboxylic acid groups (broad SMARTS) is 1. The molecule has 0 aliphatic rings. The molecule has 0 saturated carbocycles. The lowest BCUT2D eigenvalue weighted by atomic mass is 10.1. The molecule has 0 radical (unpaired) electrons. The number of aryl methyl sites for hydroxylation is 1. The van der Waals surface area contributed by atoms with E-state index in [1.165, 1.54) is 12.5 Å². The molecule has 0 aliphatic carbocycles. The molecule has 0 aliphatic heterocycles. The molecule has 1 aromatic rings. The van der Waals surface area contributed by atoms with Gasteiger partial charge in [-0.15, -0.1) is 0 Å². The quantitative estimate of drug-likeness (QED) is 0.707. The molecule has 0 bridgehead atoms. The van der Waals surface area contributed by atoms with E-state index in [1.807, 2.05) is 24.3 Å². The van der Waals surface area contributed by atoms with Crippen LogP contribution in [0.3, 0.4) is 0 Å². The van der Waals surface area contributed by atoms with Gasteiger partial charge in [-0.05, 0) is 31.0 Å². The smallest absolute Gasteiger partial charge is 0.337 e. The van der Waals surface area contributed by atoms with Crippen molar-refractivity contribution in [3.8, 4) is 0 Å². The van der Waals surface area contributed by atoms with Gasteiger partial charge in [-0.25, -0.2) is 4.79 Å². The van der Waals surface area contributed by atoms with Gasteiger partial charge in [0.2, 0.25) is 0 Å². The molecule has 3 N–H and O–H groups in total. The summed E-state index contributed by atoms with van der Waals surface area (Å²) in [5, 5.41) is 21.1. The molecule has 0 fully saturated rings. The van der Waals surface area contributed by atoms with E-state index in [1.54, 1.807) is 0 Å². The number of carboxylic acids is 1. The number of hydrogen-bond donors (Lipinski definition) is 3. The summed E-state index contributed by atoms with van der Waals surface area (Å²) in [7, 11) is 0. The molecule has 1 atom stereocenters. The zero-order chi connectivity index (χ0) is 12.2. The highest BCUT2D eigenvalue weighted by atomic mass is 16.4. The van der Waals surface area contributed by atoms with Crippen LogP contribution in [0.5, 0.6) is 0 Å². The summed E-state index contributed by atoms with van der Waals surface area (Å²) in [6, 6.07) is 7.68. The van der Waals surface area contributed by atoms with Crippen molar-refractivity contribution in [2.24, 2.45) is 0 Å². The number of anilines is 1. The van der Waals surface area contributed by atoms with Crippen LogP contribution >= 0.6 is 0 Å². The zero-order valence-corrected chi connectivity index (χ0v) is 9.53. The van der Waals surface area contributed by atoms with Crippen LogP contribution in [0.25, 0.3) is 0 Å². The molecule has 0 spiro atoms. The minimum Gasteiger partial charge on any atom is -0.479 e. The van der Waals surface area contributed by atoms with Gasteiger partial charge in [0.15, 0.2) is 5.60 Å². The van der Waals surface area contributed by atoms with Crippen molar-refractivity contribution in [2.45, 2.75) is 25.9 Å². The highest BCUT2D eigenvalue weighted by Crippen LogP contribution is 2.12. The van der Waals surface area contributed by atoms with Crippen molar-refractivity contribution < 1.29 is 15.0 Å². The molecule has 0 aromatic heterocycles. The fraction of sp³-hybridized carbons (Fsp3) is 0.417. The van der Waals surface area contributed by atoms with Crippen molar-refractivity contribution in [1.82, 2.24) is 0 Å². The Morgan fingerprint density at radius 1 is 1.38 bits per heavy atom. The normalized spacial score (nSPS) is 14.2. The van der Waals surface area contributed by atoms with Crippen molar-refractivity contribution in [3.05, 3.63) is 29.8 Å². The lowest BCUT2D eigenvalue weighted by molar-refractivity contribution is -0.155. The van der Waals surface area contributed by atoms with Crippen LogP contribution in [0.2, 0.25) is 0 Å². The molecule has 1 aromatic carbocycles. The number of carbonyl (C=O) groups is 1. The molecular formula is C12H17NO3. The number of benzene rings is 1. The van der Waals surface area contributed by atoms with E-state index in [-0.39, 0.29) is 6.54 Å². The Labute approximate surface area is 94.9 Å². The topological polar surface area (TPSA) is 69.6 Å². The van der Waals surface area contributed by atoms with Crippen LogP contribution < -0.4 is 5.32 Å². The van der Waals surface area contributed by atoms with Crippen molar-refractivity contribution in [2.75, 3.05) is 11.9 Å². The van der Waals surface area contributed by atoms with E-state index in [0.717, 1.165) is 12.1 Å². The third kappa shape index (κ3) is 3.24. The fourth-order valence-electron chi connectivity index (χ4n) is 1.21. The maximum absolute atomic E-state index is 10.7. The first-order chi connectivity index (χ1) is 7.45. The Morgan fingerprint density at radius 2 is 1.94 bits per heavy atom. The highest BCUT2D eigenvalue weighted by molar-refractivity contribution is 5.77. The molecule has 0 saturated heterocycles. The molecule has 4 heteroatoms. The first-order valence-corrected chi connectivity index (χ1v) is 5.24. The van der Waals surface area contributed by atoms with Crippen LogP contribution in [0.15, 0.2) is 24.3 Å². The summed E-state index contributed by atoms with van der Waals surface area (Å²) in [5.41, 5.74) is 0.276. The minimum atomic E-state index is -1.75. The van der Waals surface area contributed by atoms with Crippen LogP contribution in [0.1, 0.15) is 19.4 Å². The Kier molecular flexibility index (Phi) is 3.90. The molecule has 88 valence electrons. The van der Waals surface area contributed by atoms with E-state index in [2.05, 4.69) is 12.2 Å². The third-order valence-corrected chi connectivity index (χ3v) is 2.46. The molecule has 0 amide bonds. The van der Waals surface area contributed by atoms with Crippen LogP contribution in [0, 0.1) is 0 Å². The van der Waals surface area contributed by atoms with Gasteiger partial charge >= 0.3 is 5.97 Å².